The predicted octanol–water partition coefficient (Wildman–Crippen LogP) is 5.68. The second-order valence-corrected chi connectivity index (χ2v) is 18.9. The van der Waals surface area contributed by atoms with E-state index < -0.39 is 35.7 Å². The maximum atomic E-state index is 12.8. The summed E-state index contributed by atoms with van der Waals surface area (Å²) >= 11 is 1.39. The molecule has 1 aliphatic heterocycles. The van der Waals surface area contributed by atoms with E-state index in [0.717, 1.165) is 55.7 Å². The molecule has 3 aromatic rings. The summed E-state index contributed by atoms with van der Waals surface area (Å²) in [5.41, 5.74) is 2.62. The molecule has 0 saturated carbocycles. The van der Waals surface area contributed by atoms with Crippen molar-refractivity contribution in [1.29, 1.82) is 0 Å². The van der Waals surface area contributed by atoms with Crippen molar-refractivity contribution in [1.82, 2.24) is 4.31 Å². The van der Waals surface area contributed by atoms with E-state index in [1.165, 1.54) is 37.6 Å². The van der Waals surface area contributed by atoms with E-state index in [1.54, 1.807) is 24.3 Å². The smallest absolute Gasteiger partial charge is 0.294 e. The molecule has 16 heteroatoms. The molecule has 0 spiro atoms. The first-order chi connectivity index (χ1) is 22.7. The first-order valence-corrected chi connectivity index (χ1v) is 21.0. The third kappa shape index (κ3) is 9.17. The van der Waals surface area contributed by atoms with Crippen LogP contribution >= 0.6 is 11.3 Å². The molecule has 0 amide bonds. The van der Waals surface area contributed by atoms with Gasteiger partial charge in [-0.25, -0.2) is 12.7 Å². The Hall–Kier alpha value is -3.12. The van der Waals surface area contributed by atoms with Crippen LogP contribution < -0.4 is 9.47 Å². The van der Waals surface area contributed by atoms with Crippen LogP contribution in [0.4, 0.5) is 5.69 Å². The maximum Gasteiger partial charge on any atom is 0.294 e. The fourth-order valence-corrected chi connectivity index (χ4v) is 9.14. The van der Waals surface area contributed by atoms with Gasteiger partial charge in [-0.1, -0.05) is 44.3 Å². The summed E-state index contributed by atoms with van der Waals surface area (Å²) < 4.78 is 95.1. The van der Waals surface area contributed by atoms with Gasteiger partial charge < -0.3 is 10.0 Å². The number of aliphatic hydroxyl groups excluding tert-OH is 1. The first kappa shape index (κ1) is 38.7. The van der Waals surface area contributed by atoms with E-state index in [4.69, 9.17) is 0 Å². The van der Waals surface area contributed by atoms with Gasteiger partial charge >= 0.3 is 0 Å². The van der Waals surface area contributed by atoms with Crippen LogP contribution in [-0.2, 0) is 42.2 Å². The van der Waals surface area contributed by atoms with Crippen molar-refractivity contribution in [3.63, 3.8) is 0 Å². The van der Waals surface area contributed by atoms with E-state index in [1.807, 2.05) is 36.6 Å². The molecule has 0 atom stereocenters. The van der Waals surface area contributed by atoms with E-state index in [9.17, 15) is 39.5 Å². The Morgan fingerprint density at radius 1 is 0.959 bits per heavy atom. The highest BCUT2D eigenvalue weighted by Crippen LogP contribution is 2.48. The highest BCUT2D eigenvalue weighted by Gasteiger charge is 2.40. The number of aliphatic hydroxyl groups is 1. The molecule has 3 N–H and O–H groups in total. The van der Waals surface area contributed by atoms with Gasteiger partial charge in [0.25, 0.3) is 25.2 Å². The van der Waals surface area contributed by atoms with Crippen molar-refractivity contribution in [3.05, 3.63) is 77.2 Å². The monoisotopic (exact) mass is 754 g/mol. The Labute approximate surface area is 293 Å². The number of allylic oxidation sites excluding steroid dienone is 4. The lowest BCUT2D eigenvalue weighted by Crippen LogP contribution is -2.35. The number of benzene rings is 2. The molecule has 0 bridgehead atoms. The summed E-state index contributed by atoms with van der Waals surface area (Å²) in [7, 11) is -9.27. The van der Waals surface area contributed by atoms with Gasteiger partial charge in [-0.05, 0) is 61.2 Å². The van der Waals surface area contributed by atoms with Crippen LogP contribution in [0, 0.1) is 0 Å². The van der Waals surface area contributed by atoms with Crippen LogP contribution in [0.25, 0.3) is 16.3 Å². The van der Waals surface area contributed by atoms with Gasteiger partial charge in [-0.3, -0.25) is 9.11 Å². The number of rotatable bonds is 16. The van der Waals surface area contributed by atoms with Gasteiger partial charge in [-0.15, -0.1) is 0 Å². The van der Waals surface area contributed by atoms with Crippen LogP contribution in [0.2, 0.25) is 0 Å². The molecule has 1 aliphatic rings. The van der Waals surface area contributed by atoms with Crippen molar-refractivity contribution in [3.8, 4) is 0 Å². The fourth-order valence-electron chi connectivity index (χ4n) is 5.92. The molecule has 2 aromatic carbocycles. The summed E-state index contributed by atoms with van der Waals surface area (Å²) in [6, 6.07) is 9.49. The number of sulfonamides is 1. The van der Waals surface area contributed by atoms with Crippen LogP contribution in [0.15, 0.2) is 76.4 Å². The molecule has 49 heavy (non-hydrogen) atoms. The summed E-state index contributed by atoms with van der Waals surface area (Å²) in [4.78, 5) is 2.10. The summed E-state index contributed by atoms with van der Waals surface area (Å²) in [6.07, 6.45) is 9.34. The minimum Gasteiger partial charge on any atom is -0.513 e. The topological polar surface area (TPSA) is 173 Å². The standard InChI is InChI=1S/C33H43N3O9S4/c1-24(37)12-7-6-8-19-35-28-17-16-26(49(43,44)45)22-27(28)33(2,3)31(35)13-11-14-32-36(20-9-10-21-47(38,39)40)29-18-15-25(23-30(29)46-32)48(41,42)34(4)5/h11,13-18,22-23H,1,6-10,12,19-21H2,2-5H3,(H2-,37,38,39,40,43,44,45)/p+1. The number of hydrogen-bond acceptors (Lipinski definition) is 9. The Balaban J connectivity index is 1.74. The number of unbranched alkanes of at least 4 members (excludes halogenated alkanes) is 3. The lowest BCUT2D eigenvalue weighted by molar-refractivity contribution is -0.669. The second kappa shape index (κ2) is 15.0. The minimum absolute atomic E-state index is 0.142. The quantitative estimate of drug-likeness (QED) is 0.0715. The maximum absolute atomic E-state index is 12.8. The molecule has 0 unspecified atom stereocenters. The van der Waals surface area contributed by atoms with Crippen LogP contribution in [-0.4, -0.2) is 70.2 Å². The molecular formula is C33H44N3O9S4+. The SMILES string of the molecule is C=C(O)CCCCCN1/C(=C/C=C/c2sc3cc(S(=O)(=O)N(C)C)ccc3[n+]2CCCCS(=O)(=O)O)C(C)(C)c2cc(S(=O)(=O)O)ccc21. The van der Waals surface area contributed by atoms with E-state index in [0.29, 0.717) is 25.9 Å². The van der Waals surface area contributed by atoms with E-state index in [-0.39, 0.29) is 27.7 Å². The normalized spacial score (nSPS) is 16.0. The number of aromatic nitrogens is 1. The number of aryl methyl sites for hydroxylation is 1. The largest absolute Gasteiger partial charge is 0.513 e. The van der Waals surface area contributed by atoms with Crippen molar-refractivity contribution >= 4 is 63.6 Å². The molecular weight excluding hydrogens is 711 g/mol. The Bertz CT molecular complexity index is 2120. The minimum atomic E-state index is -4.42. The highest BCUT2D eigenvalue weighted by molar-refractivity contribution is 7.89. The zero-order chi connectivity index (χ0) is 36.4. The number of thiazole rings is 1. The van der Waals surface area contributed by atoms with Crippen LogP contribution in [0.1, 0.15) is 62.9 Å². The number of hydrogen-bond donors (Lipinski definition) is 3. The van der Waals surface area contributed by atoms with Gasteiger partial charge in [0.15, 0.2) is 6.54 Å². The fraction of sp³-hybridized carbons (Fsp3) is 0.424. The Morgan fingerprint density at radius 3 is 2.29 bits per heavy atom. The predicted molar refractivity (Wildman–Crippen MR) is 193 cm³/mol. The third-order valence-electron chi connectivity index (χ3n) is 8.52. The molecule has 12 nitrogen and oxygen atoms in total. The van der Waals surface area contributed by atoms with Crippen LogP contribution in [0.3, 0.4) is 0 Å². The Morgan fingerprint density at radius 2 is 1.65 bits per heavy atom. The number of anilines is 1. The van der Waals surface area contributed by atoms with Crippen molar-refractivity contribution in [2.45, 2.75) is 74.1 Å². The molecule has 0 fully saturated rings. The van der Waals surface area contributed by atoms with Crippen molar-refractivity contribution in [2.24, 2.45) is 0 Å². The lowest BCUT2D eigenvalue weighted by Gasteiger charge is -2.27. The first-order valence-electron chi connectivity index (χ1n) is 15.7. The summed E-state index contributed by atoms with van der Waals surface area (Å²) in [5, 5.41) is 10.2. The van der Waals surface area contributed by atoms with Crippen molar-refractivity contribution in [2.75, 3.05) is 31.3 Å². The highest BCUT2D eigenvalue weighted by atomic mass is 32.2. The second-order valence-electron chi connectivity index (χ2n) is 12.7. The third-order valence-corrected chi connectivity index (χ3v) is 13.1. The molecule has 268 valence electrons. The van der Waals surface area contributed by atoms with Crippen LogP contribution in [0.5, 0.6) is 0 Å². The van der Waals surface area contributed by atoms with Gasteiger partial charge in [0.05, 0.1) is 21.3 Å². The molecule has 1 aromatic heterocycles. The molecule has 0 saturated heterocycles. The average Bonchev–Trinajstić information content (AvgIpc) is 3.44. The molecule has 2 heterocycles. The Kier molecular flexibility index (Phi) is 11.8. The zero-order valence-corrected chi connectivity index (χ0v) is 31.3. The van der Waals surface area contributed by atoms with Gasteiger partial charge in [-0.2, -0.15) is 21.4 Å². The van der Waals surface area contributed by atoms with Gasteiger partial charge in [0.1, 0.15) is 4.70 Å². The number of fused-ring (bicyclic) bond motifs is 2. The summed E-state index contributed by atoms with van der Waals surface area (Å²) in [6.45, 7) is 8.56. The lowest BCUT2D eigenvalue weighted by atomic mass is 9.83. The van der Waals surface area contributed by atoms with Gasteiger partial charge in [0.2, 0.25) is 15.5 Å². The average molecular weight is 755 g/mol. The van der Waals surface area contributed by atoms with Crippen molar-refractivity contribution < 1.29 is 44.0 Å². The number of nitrogens with zero attached hydrogens (tertiary/aromatic N) is 3. The van der Waals surface area contributed by atoms with E-state index in [2.05, 4.69) is 11.5 Å². The molecule has 4 rings (SSSR count). The zero-order valence-electron chi connectivity index (χ0n) is 28.0. The summed E-state index contributed by atoms with van der Waals surface area (Å²) in [5.74, 6) is -0.221. The van der Waals surface area contributed by atoms with E-state index >= 15 is 0 Å². The molecule has 0 radical (unpaired) electrons. The molecule has 0 aliphatic carbocycles. The van der Waals surface area contributed by atoms with Gasteiger partial charge in [0, 0.05) is 62.4 Å².